The number of benzene rings is 1. The van der Waals surface area contributed by atoms with E-state index in [0.29, 0.717) is 17.1 Å². The molecule has 1 aromatic carbocycles. The Morgan fingerprint density at radius 3 is 2.89 bits per heavy atom. The highest BCUT2D eigenvalue weighted by atomic mass is 19.3. The number of halogens is 2. The van der Waals surface area contributed by atoms with E-state index >= 15 is 0 Å². The first-order valence-corrected chi connectivity index (χ1v) is 5.39. The molecule has 1 unspecified atom stereocenters. The molecule has 18 heavy (non-hydrogen) atoms. The molecule has 0 saturated heterocycles. The Kier molecular flexibility index (Phi) is 3.33. The second-order valence-electron chi connectivity index (χ2n) is 4.10. The molecule has 1 heterocycles. The lowest BCUT2D eigenvalue weighted by Crippen LogP contribution is -2.27. The van der Waals surface area contributed by atoms with Gasteiger partial charge in [-0.05, 0) is 17.7 Å². The van der Waals surface area contributed by atoms with Crippen LogP contribution in [0.3, 0.4) is 0 Å². The fourth-order valence-corrected chi connectivity index (χ4v) is 1.75. The van der Waals surface area contributed by atoms with E-state index in [9.17, 15) is 13.6 Å². The van der Waals surface area contributed by atoms with Gasteiger partial charge in [-0.1, -0.05) is 0 Å². The summed E-state index contributed by atoms with van der Waals surface area (Å²) in [6.45, 7) is -0.311. The first-order valence-electron chi connectivity index (χ1n) is 5.39. The second kappa shape index (κ2) is 4.77. The first-order chi connectivity index (χ1) is 8.47. The number of aliphatic hydroxyl groups excluding tert-OH is 1. The van der Waals surface area contributed by atoms with Gasteiger partial charge in [0.2, 0.25) is 5.91 Å². The van der Waals surface area contributed by atoms with Crippen molar-refractivity contribution in [1.82, 2.24) is 0 Å². The number of amides is 1. The Labute approximate surface area is 102 Å². The van der Waals surface area contributed by atoms with Crippen LogP contribution in [0.2, 0.25) is 0 Å². The van der Waals surface area contributed by atoms with E-state index in [1.165, 1.54) is 0 Å². The summed E-state index contributed by atoms with van der Waals surface area (Å²) in [5.41, 5.74) is 7.89. The number of anilines is 3. The summed E-state index contributed by atoms with van der Waals surface area (Å²) in [5.74, 6) is -0.130. The molecule has 0 bridgehead atoms. The van der Waals surface area contributed by atoms with Crippen LogP contribution >= 0.6 is 0 Å². The Morgan fingerprint density at radius 2 is 2.22 bits per heavy atom. The molecule has 1 aromatic rings. The van der Waals surface area contributed by atoms with Crippen molar-refractivity contribution in [3.05, 3.63) is 17.7 Å². The number of aliphatic hydroxyl groups is 1. The molecule has 1 amide bonds. The summed E-state index contributed by atoms with van der Waals surface area (Å²) in [4.78, 5) is 11.2. The SMILES string of the molecule is Nc1cc2c(cc1NCC(O)C(F)F)NC(=O)C2. The molecule has 0 aliphatic carbocycles. The third-order valence-electron chi connectivity index (χ3n) is 2.69. The molecular weight excluding hydrogens is 244 g/mol. The molecule has 1 aliphatic heterocycles. The second-order valence-corrected chi connectivity index (χ2v) is 4.10. The van der Waals surface area contributed by atoms with Gasteiger partial charge < -0.3 is 21.5 Å². The van der Waals surface area contributed by atoms with Gasteiger partial charge in [0.1, 0.15) is 6.10 Å². The number of carbonyl (C=O) groups is 1. The zero-order chi connectivity index (χ0) is 13.3. The molecule has 0 saturated carbocycles. The Hall–Kier alpha value is -1.89. The van der Waals surface area contributed by atoms with Gasteiger partial charge in [-0.2, -0.15) is 0 Å². The van der Waals surface area contributed by atoms with Crippen molar-refractivity contribution in [3.63, 3.8) is 0 Å². The molecule has 1 atom stereocenters. The standard InChI is InChI=1S/C11H13F2N3O2/c12-11(13)9(17)4-15-8-3-7-5(1-6(8)14)2-10(18)16-7/h1,3,9,11,15,17H,2,4,14H2,(H,16,18). The molecule has 7 heteroatoms. The van der Waals surface area contributed by atoms with E-state index in [2.05, 4.69) is 10.6 Å². The average Bonchev–Trinajstić information content (AvgIpc) is 2.64. The normalized spacial score (nSPS) is 15.4. The average molecular weight is 257 g/mol. The van der Waals surface area contributed by atoms with E-state index in [4.69, 9.17) is 10.8 Å². The van der Waals surface area contributed by atoms with Crippen molar-refractivity contribution in [1.29, 1.82) is 0 Å². The maximum absolute atomic E-state index is 12.1. The van der Waals surface area contributed by atoms with E-state index in [1.54, 1.807) is 12.1 Å². The van der Waals surface area contributed by atoms with E-state index in [-0.39, 0.29) is 18.9 Å². The minimum Gasteiger partial charge on any atom is -0.397 e. The van der Waals surface area contributed by atoms with Crippen molar-refractivity contribution in [2.24, 2.45) is 0 Å². The summed E-state index contributed by atoms with van der Waals surface area (Å²) in [6.07, 6.45) is -4.31. The quantitative estimate of drug-likeness (QED) is 0.601. The van der Waals surface area contributed by atoms with Gasteiger partial charge in [0.05, 0.1) is 17.8 Å². The maximum atomic E-state index is 12.1. The van der Waals surface area contributed by atoms with Crippen molar-refractivity contribution < 1.29 is 18.7 Å². The molecule has 0 fully saturated rings. The van der Waals surface area contributed by atoms with Crippen molar-refractivity contribution in [2.75, 3.05) is 22.9 Å². The Bertz CT molecular complexity index is 480. The van der Waals surface area contributed by atoms with Crippen LogP contribution in [-0.4, -0.2) is 30.1 Å². The summed E-state index contributed by atoms with van der Waals surface area (Å²) in [5, 5.41) is 14.3. The molecule has 5 nitrogen and oxygen atoms in total. The molecule has 0 aromatic heterocycles. The number of hydrogen-bond donors (Lipinski definition) is 4. The smallest absolute Gasteiger partial charge is 0.265 e. The summed E-state index contributed by atoms with van der Waals surface area (Å²) in [6, 6.07) is 3.19. The molecule has 1 aliphatic rings. The summed E-state index contributed by atoms with van der Waals surface area (Å²) >= 11 is 0. The molecule has 0 radical (unpaired) electrons. The topological polar surface area (TPSA) is 87.4 Å². The predicted octanol–water partition coefficient (Wildman–Crippen LogP) is 0.801. The lowest BCUT2D eigenvalue weighted by Gasteiger charge is -2.14. The van der Waals surface area contributed by atoms with Crippen LogP contribution in [0.4, 0.5) is 25.8 Å². The number of hydrogen-bond acceptors (Lipinski definition) is 4. The van der Waals surface area contributed by atoms with E-state index < -0.39 is 12.5 Å². The van der Waals surface area contributed by atoms with Gasteiger partial charge in [-0.25, -0.2) is 8.78 Å². The molecule has 0 spiro atoms. The third kappa shape index (κ3) is 2.51. The number of nitrogens with one attached hydrogen (secondary N) is 2. The van der Waals surface area contributed by atoms with Crippen LogP contribution in [0.5, 0.6) is 0 Å². The number of alkyl halides is 2. The van der Waals surface area contributed by atoms with Crippen LogP contribution in [0, 0.1) is 0 Å². The van der Waals surface area contributed by atoms with Crippen LogP contribution in [0.25, 0.3) is 0 Å². The fraction of sp³-hybridized carbons (Fsp3) is 0.364. The number of nitrogens with two attached hydrogens (primary N) is 1. The van der Waals surface area contributed by atoms with Gasteiger partial charge in [0, 0.05) is 12.2 Å². The van der Waals surface area contributed by atoms with E-state index in [1.807, 2.05) is 0 Å². The monoisotopic (exact) mass is 257 g/mol. The van der Waals surface area contributed by atoms with Crippen LogP contribution in [0.15, 0.2) is 12.1 Å². The van der Waals surface area contributed by atoms with Gasteiger partial charge in [-0.3, -0.25) is 4.79 Å². The molecule has 5 N–H and O–H groups in total. The van der Waals surface area contributed by atoms with Gasteiger partial charge in [-0.15, -0.1) is 0 Å². The highest BCUT2D eigenvalue weighted by molar-refractivity contribution is 6.00. The zero-order valence-corrected chi connectivity index (χ0v) is 9.41. The summed E-state index contributed by atoms with van der Waals surface area (Å²) < 4.78 is 24.2. The lowest BCUT2D eigenvalue weighted by molar-refractivity contribution is -0.115. The number of carbonyl (C=O) groups excluding carboxylic acids is 1. The number of nitrogen functional groups attached to an aromatic ring is 1. The fourth-order valence-electron chi connectivity index (χ4n) is 1.75. The summed E-state index contributed by atoms with van der Waals surface area (Å²) in [7, 11) is 0. The van der Waals surface area contributed by atoms with Crippen molar-refractivity contribution in [3.8, 4) is 0 Å². The number of fused-ring (bicyclic) bond motifs is 1. The zero-order valence-electron chi connectivity index (χ0n) is 9.41. The van der Waals surface area contributed by atoms with Crippen LogP contribution in [-0.2, 0) is 11.2 Å². The predicted molar refractivity (Wildman–Crippen MR) is 63.7 cm³/mol. The minimum absolute atomic E-state index is 0.130. The maximum Gasteiger partial charge on any atom is 0.265 e. The highest BCUT2D eigenvalue weighted by Crippen LogP contribution is 2.31. The lowest BCUT2D eigenvalue weighted by atomic mass is 10.1. The van der Waals surface area contributed by atoms with Crippen LogP contribution in [0.1, 0.15) is 5.56 Å². The first kappa shape index (κ1) is 12.6. The van der Waals surface area contributed by atoms with Gasteiger partial charge in [0.15, 0.2) is 0 Å². The highest BCUT2D eigenvalue weighted by Gasteiger charge is 2.20. The molecular formula is C11H13F2N3O2. The van der Waals surface area contributed by atoms with Crippen molar-refractivity contribution >= 4 is 23.0 Å². The van der Waals surface area contributed by atoms with Gasteiger partial charge >= 0.3 is 0 Å². The third-order valence-corrected chi connectivity index (χ3v) is 2.69. The van der Waals surface area contributed by atoms with Gasteiger partial charge in [0.25, 0.3) is 6.43 Å². The Morgan fingerprint density at radius 1 is 1.50 bits per heavy atom. The molecule has 2 rings (SSSR count). The molecule has 98 valence electrons. The Balaban J connectivity index is 2.10. The largest absolute Gasteiger partial charge is 0.397 e. The minimum atomic E-state index is -2.81. The van der Waals surface area contributed by atoms with Crippen molar-refractivity contribution in [2.45, 2.75) is 19.0 Å². The number of rotatable bonds is 4. The van der Waals surface area contributed by atoms with Crippen LogP contribution < -0.4 is 16.4 Å². The van der Waals surface area contributed by atoms with E-state index in [0.717, 1.165) is 5.56 Å².